The van der Waals surface area contributed by atoms with Crippen LogP contribution in [0.3, 0.4) is 0 Å². The third kappa shape index (κ3) is 4.06. The summed E-state index contributed by atoms with van der Waals surface area (Å²) in [7, 11) is 0. The Labute approximate surface area is 109 Å². The molecule has 0 saturated heterocycles. The van der Waals surface area contributed by atoms with Gasteiger partial charge in [-0.15, -0.1) is 0 Å². The summed E-state index contributed by atoms with van der Waals surface area (Å²) in [4.78, 5) is 13.0. The van der Waals surface area contributed by atoms with Crippen LogP contribution in [0.1, 0.15) is 33.6 Å². The fourth-order valence-electron chi connectivity index (χ4n) is 2.37. The van der Waals surface area contributed by atoms with E-state index in [4.69, 9.17) is 5.11 Å². The minimum absolute atomic E-state index is 0.179. The number of nitrogens with zero attached hydrogens (tertiary/aromatic N) is 1. The van der Waals surface area contributed by atoms with Crippen LogP contribution in [0, 0.1) is 5.92 Å². The van der Waals surface area contributed by atoms with Crippen molar-refractivity contribution in [2.45, 2.75) is 39.7 Å². The van der Waals surface area contributed by atoms with E-state index in [1.807, 2.05) is 30.3 Å². The molecule has 0 aliphatic carbocycles. The molecule has 0 heterocycles. The van der Waals surface area contributed by atoms with Gasteiger partial charge in [-0.05, 0) is 24.5 Å². The molecular weight excluding hydrogens is 226 g/mol. The van der Waals surface area contributed by atoms with Crippen molar-refractivity contribution < 1.29 is 9.90 Å². The summed E-state index contributed by atoms with van der Waals surface area (Å²) in [5.41, 5.74) is 1.11. The van der Waals surface area contributed by atoms with E-state index in [0.717, 1.165) is 12.1 Å². The molecule has 1 aromatic carbocycles. The molecule has 1 aromatic rings. The van der Waals surface area contributed by atoms with Crippen molar-refractivity contribution in [2.75, 3.05) is 11.4 Å². The Bertz CT molecular complexity index is 362. The lowest BCUT2D eigenvalue weighted by molar-refractivity contribution is -0.136. The number of para-hydroxylation sites is 1. The largest absolute Gasteiger partial charge is 0.481 e. The van der Waals surface area contributed by atoms with Gasteiger partial charge in [0.25, 0.3) is 0 Å². The molecule has 1 rings (SSSR count). The van der Waals surface area contributed by atoms with E-state index in [1.165, 1.54) is 0 Å². The van der Waals surface area contributed by atoms with Crippen LogP contribution < -0.4 is 4.90 Å². The number of anilines is 1. The van der Waals surface area contributed by atoms with Crippen molar-refractivity contribution in [1.82, 2.24) is 0 Å². The molecular formula is C15H23NO2. The Morgan fingerprint density at radius 3 is 2.33 bits per heavy atom. The highest BCUT2D eigenvalue weighted by Gasteiger charge is 2.20. The van der Waals surface area contributed by atoms with Gasteiger partial charge < -0.3 is 10.0 Å². The summed E-state index contributed by atoms with van der Waals surface area (Å²) >= 11 is 0. The number of carboxylic acid groups (broad SMARTS) is 1. The summed E-state index contributed by atoms with van der Waals surface area (Å²) in [6, 6.07) is 10.5. The van der Waals surface area contributed by atoms with E-state index in [1.54, 1.807) is 0 Å². The molecule has 0 bridgehead atoms. The van der Waals surface area contributed by atoms with Crippen LogP contribution in [-0.4, -0.2) is 23.7 Å². The average Bonchev–Trinajstić information content (AvgIpc) is 2.34. The number of benzene rings is 1. The van der Waals surface area contributed by atoms with Crippen LogP contribution in [-0.2, 0) is 4.79 Å². The maximum absolute atomic E-state index is 10.8. The standard InChI is InChI=1S/C15H23NO2/c1-4-14(12(2)3)16(11-10-15(17)18)13-8-6-5-7-9-13/h5-9,12,14H,4,10-11H2,1-3H3,(H,17,18). The van der Waals surface area contributed by atoms with E-state index in [2.05, 4.69) is 25.7 Å². The number of carboxylic acids is 1. The molecule has 0 aliphatic rings. The second kappa shape index (κ2) is 7.04. The summed E-state index contributed by atoms with van der Waals surface area (Å²) < 4.78 is 0. The summed E-state index contributed by atoms with van der Waals surface area (Å²) in [6.07, 6.45) is 1.20. The smallest absolute Gasteiger partial charge is 0.305 e. The summed E-state index contributed by atoms with van der Waals surface area (Å²) in [5, 5.41) is 8.88. The number of hydrogen-bond acceptors (Lipinski definition) is 2. The molecule has 1 unspecified atom stereocenters. The topological polar surface area (TPSA) is 40.5 Å². The van der Waals surface area contributed by atoms with Gasteiger partial charge in [-0.1, -0.05) is 39.0 Å². The molecule has 100 valence electrons. The molecule has 0 spiro atoms. The fraction of sp³-hybridized carbons (Fsp3) is 0.533. The first-order chi connectivity index (χ1) is 8.56. The SMILES string of the molecule is CCC(C(C)C)N(CCC(=O)O)c1ccccc1. The molecule has 0 radical (unpaired) electrons. The number of rotatable bonds is 7. The van der Waals surface area contributed by atoms with Crippen molar-refractivity contribution in [1.29, 1.82) is 0 Å². The Balaban J connectivity index is 2.90. The lowest BCUT2D eigenvalue weighted by atomic mass is 9.99. The normalized spacial score (nSPS) is 12.4. The molecule has 1 N–H and O–H groups in total. The van der Waals surface area contributed by atoms with Gasteiger partial charge in [-0.25, -0.2) is 0 Å². The van der Waals surface area contributed by atoms with Gasteiger partial charge in [0.2, 0.25) is 0 Å². The summed E-state index contributed by atoms with van der Waals surface area (Å²) in [6.45, 7) is 7.09. The van der Waals surface area contributed by atoms with E-state index in [-0.39, 0.29) is 6.42 Å². The Morgan fingerprint density at radius 2 is 1.89 bits per heavy atom. The number of carbonyl (C=O) groups is 1. The van der Waals surface area contributed by atoms with E-state index in [9.17, 15) is 4.79 Å². The van der Waals surface area contributed by atoms with E-state index < -0.39 is 5.97 Å². The van der Waals surface area contributed by atoms with Gasteiger partial charge >= 0.3 is 5.97 Å². The third-order valence-electron chi connectivity index (χ3n) is 3.24. The maximum atomic E-state index is 10.8. The van der Waals surface area contributed by atoms with Gasteiger partial charge in [-0.2, -0.15) is 0 Å². The highest BCUT2D eigenvalue weighted by atomic mass is 16.4. The van der Waals surface area contributed by atoms with Gasteiger partial charge in [-0.3, -0.25) is 4.79 Å². The van der Waals surface area contributed by atoms with Crippen molar-refractivity contribution in [2.24, 2.45) is 5.92 Å². The van der Waals surface area contributed by atoms with Crippen molar-refractivity contribution in [3.8, 4) is 0 Å². The number of hydrogen-bond donors (Lipinski definition) is 1. The molecule has 0 aliphatic heterocycles. The maximum Gasteiger partial charge on any atom is 0.305 e. The van der Waals surface area contributed by atoms with Crippen LogP contribution in [0.2, 0.25) is 0 Å². The second-order valence-electron chi connectivity index (χ2n) is 4.89. The molecule has 1 atom stereocenters. The number of aliphatic carboxylic acids is 1. The second-order valence-corrected chi connectivity index (χ2v) is 4.89. The van der Waals surface area contributed by atoms with Gasteiger partial charge in [0.15, 0.2) is 0 Å². The molecule has 0 aromatic heterocycles. The molecule has 3 nitrogen and oxygen atoms in total. The molecule has 0 amide bonds. The first kappa shape index (κ1) is 14.6. The van der Waals surface area contributed by atoms with Crippen LogP contribution in [0.4, 0.5) is 5.69 Å². The minimum Gasteiger partial charge on any atom is -0.481 e. The van der Waals surface area contributed by atoms with Crippen molar-refractivity contribution in [3.05, 3.63) is 30.3 Å². The average molecular weight is 249 g/mol. The zero-order chi connectivity index (χ0) is 13.5. The van der Waals surface area contributed by atoms with Gasteiger partial charge in [0.05, 0.1) is 6.42 Å². The fourth-order valence-corrected chi connectivity index (χ4v) is 2.37. The van der Waals surface area contributed by atoms with E-state index in [0.29, 0.717) is 18.5 Å². The minimum atomic E-state index is -0.741. The van der Waals surface area contributed by atoms with E-state index >= 15 is 0 Å². The first-order valence-corrected chi connectivity index (χ1v) is 6.59. The van der Waals surface area contributed by atoms with Crippen molar-refractivity contribution >= 4 is 11.7 Å². The Kier molecular flexibility index (Phi) is 5.69. The highest BCUT2D eigenvalue weighted by Crippen LogP contribution is 2.23. The highest BCUT2D eigenvalue weighted by molar-refractivity contribution is 5.67. The third-order valence-corrected chi connectivity index (χ3v) is 3.24. The van der Waals surface area contributed by atoms with Crippen LogP contribution in [0.5, 0.6) is 0 Å². The van der Waals surface area contributed by atoms with Crippen molar-refractivity contribution in [3.63, 3.8) is 0 Å². The molecule has 18 heavy (non-hydrogen) atoms. The Morgan fingerprint density at radius 1 is 1.28 bits per heavy atom. The monoisotopic (exact) mass is 249 g/mol. The zero-order valence-corrected chi connectivity index (χ0v) is 11.5. The predicted molar refractivity (Wildman–Crippen MR) is 75.0 cm³/mol. The molecule has 0 fully saturated rings. The van der Waals surface area contributed by atoms with Crippen LogP contribution in [0.15, 0.2) is 30.3 Å². The van der Waals surface area contributed by atoms with Gasteiger partial charge in [0, 0.05) is 18.3 Å². The van der Waals surface area contributed by atoms with Crippen LogP contribution in [0.25, 0.3) is 0 Å². The first-order valence-electron chi connectivity index (χ1n) is 6.59. The van der Waals surface area contributed by atoms with Gasteiger partial charge in [0.1, 0.15) is 0 Å². The lowest BCUT2D eigenvalue weighted by Gasteiger charge is -2.35. The summed E-state index contributed by atoms with van der Waals surface area (Å²) in [5.74, 6) is -0.237. The molecule has 3 heteroatoms. The quantitative estimate of drug-likeness (QED) is 0.805. The lowest BCUT2D eigenvalue weighted by Crippen LogP contribution is -2.40. The van der Waals surface area contributed by atoms with Crippen LogP contribution >= 0.6 is 0 Å². The predicted octanol–water partition coefficient (Wildman–Crippen LogP) is 3.40. The Hall–Kier alpha value is -1.51. The molecule has 0 saturated carbocycles. The zero-order valence-electron chi connectivity index (χ0n) is 11.5.